The molecule has 2 amide bonds. The van der Waals surface area contributed by atoms with Gasteiger partial charge in [-0.15, -0.1) is 0 Å². The van der Waals surface area contributed by atoms with E-state index in [-0.39, 0.29) is 18.6 Å². The highest BCUT2D eigenvalue weighted by molar-refractivity contribution is 5.91. The summed E-state index contributed by atoms with van der Waals surface area (Å²) in [5.41, 5.74) is 2.36. The van der Waals surface area contributed by atoms with Crippen molar-refractivity contribution >= 4 is 17.7 Å². The molecule has 6 rings (SSSR count). The Hall–Kier alpha value is -4.08. The average molecular weight is 669 g/mol. The van der Waals surface area contributed by atoms with Crippen LogP contribution in [0.1, 0.15) is 58.3 Å². The Morgan fingerprint density at radius 1 is 0.735 bits per heavy atom. The standard InChI is InChI=1S/C40H52N4O5/c1-40(49-39(46)41-34-18-10-9-17-33(34)32-15-7-6-8-16-32)21-25-42(26-22-40)23-13-4-2-3-5-14-24-43-27-29-44(30-28-43)38(45)37-31-47-35-19-11-12-20-36(35)48-37/h6-12,15-20,37H,2-5,13-14,21-31H2,1H3,(H,41,46). The Balaban J connectivity index is 0.787. The first-order valence-electron chi connectivity index (χ1n) is 18.2. The van der Waals surface area contributed by atoms with Crippen LogP contribution in [0.5, 0.6) is 11.5 Å². The van der Waals surface area contributed by atoms with Crippen LogP contribution in [0, 0.1) is 0 Å². The first-order chi connectivity index (χ1) is 24.0. The smallest absolute Gasteiger partial charge is 0.412 e. The number of unbranched alkanes of at least 4 members (excludes halogenated alkanes) is 5. The van der Waals surface area contributed by atoms with Gasteiger partial charge in [0.1, 0.15) is 12.2 Å². The van der Waals surface area contributed by atoms with Crippen molar-refractivity contribution in [2.45, 2.75) is 70.0 Å². The molecule has 262 valence electrons. The molecule has 1 N–H and O–H groups in total. The number of amides is 2. The Morgan fingerprint density at radius 2 is 1.33 bits per heavy atom. The number of likely N-dealkylation sites (tertiary alicyclic amines) is 1. The molecule has 2 saturated heterocycles. The maximum atomic E-state index is 13.0. The maximum Gasteiger partial charge on any atom is 0.412 e. The molecule has 3 aromatic rings. The number of hydrogen-bond donors (Lipinski definition) is 1. The van der Waals surface area contributed by atoms with Crippen LogP contribution in [0.3, 0.4) is 0 Å². The monoisotopic (exact) mass is 668 g/mol. The number of benzene rings is 3. The Morgan fingerprint density at radius 3 is 2.04 bits per heavy atom. The van der Waals surface area contributed by atoms with Gasteiger partial charge in [-0.25, -0.2) is 4.79 Å². The molecule has 1 unspecified atom stereocenters. The number of ether oxygens (including phenoxy) is 3. The number of piperazine rings is 1. The van der Waals surface area contributed by atoms with Gasteiger partial charge in [-0.1, -0.05) is 86.3 Å². The summed E-state index contributed by atoms with van der Waals surface area (Å²) in [5.74, 6) is 1.39. The van der Waals surface area contributed by atoms with Crippen LogP contribution < -0.4 is 14.8 Å². The molecule has 9 nitrogen and oxygen atoms in total. The number of hydrogen-bond acceptors (Lipinski definition) is 7. The SMILES string of the molecule is CC1(OC(=O)Nc2ccccc2-c2ccccc2)CCN(CCCCCCCCN2CCN(C(=O)C3COc4ccccc4O3)CC2)CC1. The van der Waals surface area contributed by atoms with E-state index in [2.05, 4.69) is 22.0 Å². The van der Waals surface area contributed by atoms with Gasteiger partial charge in [0.25, 0.3) is 5.91 Å². The second kappa shape index (κ2) is 17.0. The van der Waals surface area contributed by atoms with Crippen molar-refractivity contribution in [2.24, 2.45) is 0 Å². The molecule has 0 aliphatic carbocycles. The number of carbonyl (C=O) groups is 2. The van der Waals surface area contributed by atoms with Gasteiger partial charge in [0.2, 0.25) is 6.10 Å². The number of piperidine rings is 1. The lowest BCUT2D eigenvalue weighted by molar-refractivity contribution is -0.143. The fourth-order valence-corrected chi connectivity index (χ4v) is 7.09. The molecule has 1 atom stereocenters. The predicted octanol–water partition coefficient (Wildman–Crippen LogP) is 7.08. The summed E-state index contributed by atoms with van der Waals surface area (Å²) in [5, 5.41) is 2.99. The van der Waals surface area contributed by atoms with Crippen molar-refractivity contribution in [3.05, 3.63) is 78.9 Å². The van der Waals surface area contributed by atoms with Gasteiger partial charge >= 0.3 is 6.09 Å². The fraction of sp³-hybridized carbons (Fsp3) is 0.500. The van der Waals surface area contributed by atoms with Gasteiger partial charge < -0.3 is 24.0 Å². The Bertz CT molecular complexity index is 1500. The first kappa shape index (κ1) is 34.8. The first-order valence-corrected chi connectivity index (χ1v) is 18.2. The molecule has 3 heterocycles. The summed E-state index contributed by atoms with van der Waals surface area (Å²) in [6, 6.07) is 25.5. The Labute approximate surface area is 291 Å². The molecule has 0 aromatic heterocycles. The third kappa shape index (κ3) is 9.76. The van der Waals surface area contributed by atoms with Gasteiger partial charge in [-0.3, -0.25) is 15.0 Å². The largest absolute Gasteiger partial charge is 0.485 e. The zero-order valence-corrected chi connectivity index (χ0v) is 29.0. The van der Waals surface area contributed by atoms with E-state index in [1.807, 2.05) is 83.8 Å². The zero-order chi connectivity index (χ0) is 33.9. The van der Waals surface area contributed by atoms with Crippen LogP contribution in [-0.4, -0.2) is 97.4 Å². The molecule has 3 aliphatic rings. The number of anilines is 1. The van der Waals surface area contributed by atoms with Crippen LogP contribution in [0.25, 0.3) is 11.1 Å². The topological polar surface area (TPSA) is 83.6 Å². The van der Waals surface area contributed by atoms with Gasteiger partial charge in [-0.05, 0) is 69.5 Å². The van der Waals surface area contributed by atoms with E-state index in [1.54, 1.807) is 0 Å². The van der Waals surface area contributed by atoms with E-state index in [1.165, 1.54) is 38.5 Å². The van der Waals surface area contributed by atoms with Crippen molar-refractivity contribution in [1.82, 2.24) is 14.7 Å². The van der Waals surface area contributed by atoms with Gasteiger partial charge in [0.15, 0.2) is 11.5 Å². The molecular weight excluding hydrogens is 616 g/mol. The lowest BCUT2D eigenvalue weighted by Gasteiger charge is -2.38. The minimum absolute atomic E-state index is 0.0325. The van der Waals surface area contributed by atoms with Gasteiger partial charge in [-0.2, -0.15) is 0 Å². The summed E-state index contributed by atoms with van der Waals surface area (Å²) < 4.78 is 17.7. The number of para-hydroxylation sites is 3. The quantitative estimate of drug-likeness (QED) is 0.195. The summed E-state index contributed by atoms with van der Waals surface area (Å²) in [6.45, 7) is 9.80. The second-order valence-corrected chi connectivity index (χ2v) is 13.9. The third-order valence-corrected chi connectivity index (χ3v) is 10.2. The van der Waals surface area contributed by atoms with Crippen LogP contribution in [0.2, 0.25) is 0 Å². The lowest BCUT2D eigenvalue weighted by Crippen LogP contribution is -2.54. The van der Waals surface area contributed by atoms with E-state index in [0.717, 1.165) is 82.0 Å². The maximum absolute atomic E-state index is 13.0. The van der Waals surface area contributed by atoms with E-state index < -0.39 is 11.7 Å². The summed E-state index contributed by atoms with van der Waals surface area (Å²) in [4.78, 5) is 32.8. The van der Waals surface area contributed by atoms with Crippen molar-refractivity contribution in [3.63, 3.8) is 0 Å². The minimum Gasteiger partial charge on any atom is -0.485 e. The highest BCUT2D eigenvalue weighted by Gasteiger charge is 2.34. The highest BCUT2D eigenvalue weighted by Crippen LogP contribution is 2.32. The molecule has 0 spiro atoms. The van der Waals surface area contributed by atoms with E-state index in [4.69, 9.17) is 14.2 Å². The van der Waals surface area contributed by atoms with Gasteiger partial charge in [0, 0.05) is 44.8 Å². The molecule has 3 aliphatic heterocycles. The molecule has 2 fully saturated rings. The van der Waals surface area contributed by atoms with E-state index in [9.17, 15) is 9.59 Å². The van der Waals surface area contributed by atoms with Crippen molar-refractivity contribution in [3.8, 4) is 22.6 Å². The highest BCUT2D eigenvalue weighted by atomic mass is 16.6. The van der Waals surface area contributed by atoms with Crippen molar-refractivity contribution in [2.75, 3.05) is 64.3 Å². The minimum atomic E-state index is -0.557. The van der Waals surface area contributed by atoms with E-state index in [0.29, 0.717) is 11.5 Å². The van der Waals surface area contributed by atoms with Crippen LogP contribution in [-0.2, 0) is 9.53 Å². The number of fused-ring (bicyclic) bond motifs is 1. The second-order valence-electron chi connectivity index (χ2n) is 13.9. The fourth-order valence-electron chi connectivity index (χ4n) is 7.09. The molecule has 9 heteroatoms. The summed E-state index contributed by atoms with van der Waals surface area (Å²) in [6.07, 6.45) is 8.23. The average Bonchev–Trinajstić information content (AvgIpc) is 3.13. The summed E-state index contributed by atoms with van der Waals surface area (Å²) in [7, 11) is 0. The third-order valence-electron chi connectivity index (χ3n) is 10.2. The number of rotatable bonds is 13. The molecule has 49 heavy (non-hydrogen) atoms. The molecular formula is C40H52N4O5. The molecule has 3 aromatic carbocycles. The van der Waals surface area contributed by atoms with Crippen LogP contribution in [0.15, 0.2) is 78.9 Å². The predicted molar refractivity (Wildman–Crippen MR) is 193 cm³/mol. The van der Waals surface area contributed by atoms with Crippen molar-refractivity contribution in [1.29, 1.82) is 0 Å². The normalized spacial score (nSPS) is 19.3. The number of carbonyl (C=O) groups excluding carboxylic acids is 2. The number of nitrogens with zero attached hydrogens (tertiary/aromatic N) is 3. The van der Waals surface area contributed by atoms with E-state index >= 15 is 0 Å². The van der Waals surface area contributed by atoms with Crippen LogP contribution in [0.4, 0.5) is 10.5 Å². The Kier molecular flexibility index (Phi) is 12.1. The van der Waals surface area contributed by atoms with Gasteiger partial charge in [0.05, 0.1) is 5.69 Å². The molecule has 0 bridgehead atoms. The zero-order valence-electron chi connectivity index (χ0n) is 29.0. The molecule has 0 saturated carbocycles. The van der Waals surface area contributed by atoms with Crippen LogP contribution >= 0.6 is 0 Å². The number of nitrogens with one attached hydrogen (secondary N) is 1. The van der Waals surface area contributed by atoms with Crippen molar-refractivity contribution < 1.29 is 23.8 Å². The summed E-state index contributed by atoms with van der Waals surface area (Å²) >= 11 is 0. The lowest BCUT2D eigenvalue weighted by atomic mass is 9.93. The molecule has 0 radical (unpaired) electrons.